The van der Waals surface area contributed by atoms with Gasteiger partial charge in [-0.3, -0.25) is 0 Å². The summed E-state index contributed by atoms with van der Waals surface area (Å²) in [5.41, 5.74) is 0. The maximum Gasteiger partial charge on any atom is 0.317 e. The monoisotopic (exact) mass is 240 g/mol. The van der Waals surface area contributed by atoms with E-state index in [4.69, 9.17) is 4.74 Å². The van der Waals surface area contributed by atoms with Crippen LogP contribution in [-0.2, 0) is 4.74 Å². The van der Waals surface area contributed by atoms with E-state index < -0.39 is 0 Å². The number of ether oxygens (including phenoxy) is 1. The third kappa shape index (κ3) is 3.35. The Bertz CT molecular complexity index is 252. The van der Waals surface area contributed by atoms with E-state index >= 15 is 0 Å². The van der Waals surface area contributed by atoms with Gasteiger partial charge in [-0.15, -0.1) is 0 Å². The Morgan fingerprint density at radius 1 is 1.29 bits per heavy atom. The molecule has 2 unspecified atom stereocenters. The van der Waals surface area contributed by atoms with Crippen LogP contribution >= 0.6 is 0 Å². The third-order valence-corrected chi connectivity index (χ3v) is 4.04. The standard InChI is InChI=1S/C13H24N2O2/c1-2-11-5-3-4-6-12(11)14-13(16)15-7-9-17-10-8-15/h11-12H,2-10H2,1H3,(H,14,16). The lowest BCUT2D eigenvalue weighted by atomic mass is 9.83. The molecule has 1 aliphatic heterocycles. The molecular formula is C13H24N2O2. The number of urea groups is 1. The van der Waals surface area contributed by atoms with Crippen molar-refractivity contribution >= 4 is 6.03 Å². The van der Waals surface area contributed by atoms with Crippen molar-refractivity contribution in [3.63, 3.8) is 0 Å². The van der Waals surface area contributed by atoms with Gasteiger partial charge in [0.25, 0.3) is 0 Å². The highest BCUT2D eigenvalue weighted by atomic mass is 16.5. The van der Waals surface area contributed by atoms with Crippen molar-refractivity contribution in [2.45, 2.75) is 45.1 Å². The molecule has 0 radical (unpaired) electrons. The zero-order valence-electron chi connectivity index (χ0n) is 10.8. The second-order valence-corrected chi connectivity index (χ2v) is 5.11. The molecule has 0 bridgehead atoms. The molecule has 2 aliphatic rings. The smallest absolute Gasteiger partial charge is 0.317 e. The van der Waals surface area contributed by atoms with Gasteiger partial charge in [-0.25, -0.2) is 4.79 Å². The largest absolute Gasteiger partial charge is 0.378 e. The third-order valence-electron chi connectivity index (χ3n) is 4.04. The first-order valence-electron chi connectivity index (χ1n) is 6.94. The lowest BCUT2D eigenvalue weighted by Crippen LogP contribution is -2.51. The Kier molecular flexibility index (Phi) is 4.66. The van der Waals surface area contributed by atoms with Crippen LogP contribution in [0.2, 0.25) is 0 Å². The second-order valence-electron chi connectivity index (χ2n) is 5.11. The van der Waals surface area contributed by atoms with Gasteiger partial charge < -0.3 is 15.0 Å². The maximum atomic E-state index is 12.1. The fraction of sp³-hybridized carbons (Fsp3) is 0.923. The van der Waals surface area contributed by atoms with Gasteiger partial charge in [0.1, 0.15) is 0 Å². The minimum atomic E-state index is 0.110. The van der Waals surface area contributed by atoms with E-state index in [0.717, 1.165) is 19.5 Å². The van der Waals surface area contributed by atoms with E-state index in [9.17, 15) is 4.79 Å². The molecule has 2 atom stereocenters. The summed E-state index contributed by atoms with van der Waals surface area (Å²) in [7, 11) is 0. The minimum absolute atomic E-state index is 0.110. The van der Waals surface area contributed by atoms with Crippen LogP contribution in [0.5, 0.6) is 0 Å². The lowest BCUT2D eigenvalue weighted by Gasteiger charge is -2.34. The van der Waals surface area contributed by atoms with Crippen molar-refractivity contribution in [3.05, 3.63) is 0 Å². The van der Waals surface area contributed by atoms with Gasteiger partial charge in [0.15, 0.2) is 0 Å². The Morgan fingerprint density at radius 3 is 2.71 bits per heavy atom. The summed E-state index contributed by atoms with van der Waals surface area (Å²) in [5.74, 6) is 0.675. The maximum absolute atomic E-state index is 12.1. The van der Waals surface area contributed by atoms with Gasteiger partial charge in [-0.1, -0.05) is 26.2 Å². The number of nitrogens with zero attached hydrogens (tertiary/aromatic N) is 1. The summed E-state index contributed by atoms with van der Waals surface area (Å²) in [6.07, 6.45) is 6.17. The number of hydrogen-bond acceptors (Lipinski definition) is 2. The minimum Gasteiger partial charge on any atom is -0.378 e. The van der Waals surface area contributed by atoms with E-state index in [-0.39, 0.29) is 6.03 Å². The summed E-state index contributed by atoms with van der Waals surface area (Å²) < 4.78 is 5.26. The Labute approximate surface area is 104 Å². The Morgan fingerprint density at radius 2 is 2.00 bits per heavy atom. The normalized spacial score (nSPS) is 30.1. The average Bonchev–Trinajstić information content (AvgIpc) is 2.40. The van der Waals surface area contributed by atoms with Crippen LogP contribution in [0.25, 0.3) is 0 Å². The molecular weight excluding hydrogens is 216 g/mol. The van der Waals surface area contributed by atoms with Crippen molar-refractivity contribution in [1.82, 2.24) is 10.2 Å². The average molecular weight is 240 g/mol. The van der Waals surface area contributed by atoms with Crippen LogP contribution < -0.4 is 5.32 Å². The van der Waals surface area contributed by atoms with E-state index in [0.29, 0.717) is 25.2 Å². The van der Waals surface area contributed by atoms with Gasteiger partial charge in [-0.05, 0) is 18.8 Å². The summed E-state index contributed by atoms with van der Waals surface area (Å²) in [5, 5.41) is 3.22. The Hall–Kier alpha value is -0.770. The number of morpholine rings is 1. The quantitative estimate of drug-likeness (QED) is 0.802. The molecule has 1 N–H and O–H groups in total. The van der Waals surface area contributed by atoms with Crippen molar-refractivity contribution in [3.8, 4) is 0 Å². The first kappa shape index (κ1) is 12.7. The fourth-order valence-corrected chi connectivity index (χ4v) is 2.90. The molecule has 1 aliphatic carbocycles. The second kappa shape index (κ2) is 6.24. The molecule has 2 rings (SSSR count). The predicted molar refractivity (Wildman–Crippen MR) is 67.0 cm³/mol. The first-order chi connectivity index (χ1) is 8.31. The highest BCUT2D eigenvalue weighted by Gasteiger charge is 2.27. The topological polar surface area (TPSA) is 41.6 Å². The molecule has 1 heterocycles. The zero-order valence-corrected chi connectivity index (χ0v) is 10.8. The zero-order chi connectivity index (χ0) is 12.1. The molecule has 1 saturated carbocycles. The van der Waals surface area contributed by atoms with Gasteiger partial charge >= 0.3 is 6.03 Å². The number of nitrogens with one attached hydrogen (secondary N) is 1. The first-order valence-corrected chi connectivity index (χ1v) is 6.94. The van der Waals surface area contributed by atoms with Crippen molar-refractivity contribution in [2.75, 3.05) is 26.3 Å². The molecule has 2 fully saturated rings. The SMILES string of the molecule is CCC1CCCCC1NC(=O)N1CCOCC1. The van der Waals surface area contributed by atoms with Gasteiger partial charge in [0.05, 0.1) is 13.2 Å². The predicted octanol–water partition coefficient (Wildman–Crippen LogP) is 2.00. The van der Waals surface area contributed by atoms with Gasteiger partial charge in [-0.2, -0.15) is 0 Å². The van der Waals surface area contributed by atoms with E-state index in [1.54, 1.807) is 0 Å². The molecule has 0 spiro atoms. The molecule has 2 amide bonds. The van der Waals surface area contributed by atoms with Gasteiger partial charge in [0.2, 0.25) is 0 Å². The number of carbonyl (C=O) groups excluding carboxylic acids is 1. The molecule has 4 nitrogen and oxygen atoms in total. The van der Waals surface area contributed by atoms with Crippen LogP contribution in [0, 0.1) is 5.92 Å². The number of hydrogen-bond donors (Lipinski definition) is 1. The number of amides is 2. The highest BCUT2D eigenvalue weighted by Crippen LogP contribution is 2.26. The molecule has 1 saturated heterocycles. The van der Waals surface area contributed by atoms with Crippen LogP contribution in [0.3, 0.4) is 0 Å². The lowest BCUT2D eigenvalue weighted by molar-refractivity contribution is 0.0513. The van der Waals surface area contributed by atoms with E-state index in [1.165, 1.54) is 25.7 Å². The van der Waals surface area contributed by atoms with Gasteiger partial charge in [0, 0.05) is 19.1 Å². The van der Waals surface area contributed by atoms with E-state index in [2.05, 4.69) is 12.2 Å². The summed E-state index contributed by atoms with van der Waals surface area (Å²) in [6, 6.07) is 0.503. The van der Waals surface area contributed by atoms with Crippen molar-refractivity contribution < 1.29 is 9.53 Å². The van der Waals surface area contributed by atoms with Crippen molar-refractivity contribution in [1.29, 1.82) is 0 Å². The molecule has 0 aromatic rings. The van der Waals surface area contributed by atoms with E-state index in [1.807, 2.05) is 4.90 Å². The molecule has 17 heavy (non-hydrogen) atoms. The fourth-order valence-electron chi connectivity index (χ4n) is 2.90. The molecule has 98 valence electrons. The molecule has 0 aromatic carbocycles. The Balaban J connectivity index is 1.83. The molecule has 0 aromatic heterocycles. The van der Waals surface area contributed by atoms with Crippen LogP contribution in [0.1, 0.15) is 39.0 Å². The van der Waals surface area contributed by atoms with Crippen LogP contribution in [-0.4, -0.2) is 43.3 Å². The number of carbonyl (C=O) groups is 1. The number of rotatable bonds is 2. The van der Waals surface area contributed by atoms with Crippen LogP contribution in [0.4, 0.5) is 4.79 Å². The van der Waals surface area contributed by atoms with Crippen molar-refractivity contribution in [2.24, 2.45) is 5.92 Å². The molecule has 4 heteroatoms. The summed E-state index contributed by atoms with van der Waals surface area (Å²) >= 11 is 0. The summed E-state index contributed by atoms with van der Waals surface area (Å²) in [6.45, 7) is 5.04. The highest BCUT2D eigenvalue weighted by molar-refractivity contribution is 5.74. The van der Waals surface area contributed by atoms with Crippen LogP contribution in [0.15, 0.2) is 0 Å². The summed E-state index contributed by atoms with van der Waals surface area (Å²) in [4.78, 5) is 14.0.